The van der Waals surface area contributed by atoms with Gasteiger partial charge in [-0.3, -0.25) is 14.4 Å². The van der Waals surface area contributed by atoms with Crippen LogP contribution in [0, 0.1) is 0 Å². The van der Waals surface area contributed by atoms with E-state index in [9.17, 15) is 19.2 Å². The number of hydrogen-bond acceptors (Lipinski definition) is 10. The lowest BCUT2D eigenvalue weighted by Crippen LogP contribution is -2.64. The number of rotatable bonds is 7. The normalized spacial score (nSPS) is 25.1. The Labute approximate surface area is 179 Å². The summed E-state index contributed by atoms with van der Waals surface area (Å²) < 4.78 is 32.0. The third kappa shape index (κ3) is 6.42. The van der Waals surface area contributed by atoms with Gasteiger partial charge in [0, 0.05) is 20.8 Å². The van der Waals surface area contributed by atoms with Gasteiger partial charge in [0.25, 0.3) is 0 Å². The van der Waals surface area contributed by atoms with Crippen LogP contribution < -0.4 is 4.74 Å². The average Bonchev–Trinajstić information content (AvgIpc) is 2.71. The standard InChI is InChI=1S/C21H26O10/c1-6-14-7-9-15(10-8-14)30-21-19(29-13(4)24)17(28-12(3)23)16(27-11(2)22)18(31-21)20(25)26-5/h7-10,16-19,21H,6H2,1-5H3/t16-,17+,18+,19-,21-/m0/s1. The number of methoxy groups -OCH3 is 1. The topological polar surface area (TPSA) is 124 Å². The number of benzene rings is 1. The molecule has 0 unspecified atom stereocenters. The summed E-state index contributed by atoms with van der Waals surface area (Å²) in [5, 5.41) is 0. The molecule has 0 amide bonds. The van der Waals surface area contributed by atoms with Gasteiger partial charge in [-0.1, -0.05) is 19.1 Å². The molecular weight excluding hydrogens is 412 g/mol. The van der Waals surface area contributed by atoms with Gasteiger partial charge in [-0.05, 0) is 24.1 Å². The highest BCUT2D eigenvalue weighted by molar-refractivity contribution is 5.77. The van der Waals surface area contributed by atoms with E-state index in [0.29, 0.717) is 5.75 Å². The van der Waals surface area contributed by atoms with Gasteiger partial charge in [-0.25, -0.2) is 4.79 Å². The first kappa shape index (κ1) is 24.1. The van der Waals surface area contributed by atoms with Crippen molar-refractivity contribution in [1.82, 2.24) is 0 Å². The highest BCUT2D eigenvalue weighted by atomic mass is 16.7. The van der Waals surface area contributed by atoms with Crippen LogP contribution in [0.4, 0.5) is 0 Å². The Bertz CT molecular complexity index is 803. The van der Waals surface area contributed by atoms with Crippen LogP contribution in [0.15, 0.2) is 24.3 Å². The lowest BCUT2D eigenvalue weighted by Gasteiger charge is -2.43. The van der Waals surface area contributed by atoms with Gasteiger partial charge in [0.2, 0.25) is 12.4 Å². The van der Waals surface area contributed by atoms with Crippen LogP contribution in [-0.4, -0.2) is 61.7 Å². The van der Waals surface area contributed by atoms with Crippen LogP contribution in [0.2, 0.25) is 0 Å². The van der Waals surface area contributed by atoms with E-state index >= 15 is 0 Å². The van der Waals surface area contributed by atoms with Crippen LogP contribution in [0.3, 0.4) is 0 Å². The molecule has 1 aliphatic heterocycles. The molecule has 0 radical (unpaired) electrons. The molecule has 170 valence electrons. The molecule has 1 aromatic carbocycles. The highest BCUT2D eigenvalue weighted by Gasteiger charge is 2.55. The van der Waals surface area contributed by atoms with E-state index in [1.807, 2.05) is 19.1 Å². The van der Waals surface area contributed by atoms with E-state index in [1.54, 1.807) is 12.1 Å². The summed E-state index contributed by atoms with van der Waals surface area (Å²) >= 11 is 0. The van der Waals surface area contributed by atoms with E-state index in [1.165, 1.54) is 0 Å². The molecule has 0 saturated carbocycles. The molecular formula is C21H26O10. The molecule has 0 bridgehead atoms. The van der Waals surface area contributed by atoms with Gasteiger partial charge < -0.3 is 28.4 Å². The second-order valence-corrected chi connectivity index (χ2v) is 6.79. The molecule has 10 nitrogen and oxygen atoms in total. The minimum atomic E-state index is -1.50. The zero-order valence-corrected chi connectivity index (χ0v) is 18.0. The maximum atomic E-state index is 12.4. The molecule has 1 aromatic rings. The maximum Gasteiger partial charge on any atom is 0.339 e. The number of esters is 4. The Hall–Kier alpha value is -3.14. The second-order valence-electron chi connectivity index (χ2n) is 6.79. The van der Waals surface area contributed by atoms with Crippen molar-refractivity contribution in [2.75, 3.05) is 7.11 Å². The van der Waals surface area contributed by atoms with Crippen LogP contribution in [0.1, 0.15) is 33.3 Å². The molecule has 0 N–H and O–H groups in total. The number of carbonyl (C=O) groups excluding carboxylic acids is 4. The molecule has 2 rings (SSSR count). The summed E-state index contributed by atoms with van der Waals surface area (Å²) in [5.41, 5.74) is 1.06. The molecule has 0 aliphatic carbocycles. The Morgan fingerprint density at radius 1 is 0.839 bits per heavy atom. The summed E-state index contributed by atoms with van der Waals surface area (Å²) in [5.74, 6) is -2.78. The van der Waals surface area contributed by atoms with Crippen molar-refractivity contribution >= 4 is 23.9 Å². The van der Waals surface area contributed by atoms with Crippen molar-refractivity contribution in [3.8, 4) is 5.75 Å². The molecule has 31 heavy (non-hydrogen) atoms. The van der Waals surface area contributed by atoms with Crippen molar-refractivity contribution in [3.63, 3.8) is 0 Å². The molecule has 10 heteroatoms. The summed E-state index contributed by atoms with van der Waals surface area (Å²) in [6, 6.07) is 7.03. The van der Waals surface area contributed by atoms with Crippen molar-refractivity contribution in [2.45, 2.75) is 64.8 Å². The molecule has 0 aromatic heterocycles. The lowest BCUT2D eigenvalue weighted by molar-refractivity contribution is -0.282. The van der Waals surface area contributed by atoms with Crippen LogP contribution in [0.25, 0.3) is 0 Å². The van der Waals surface area contributed by atoms with E-state index in [2.05, 4.69) is 0 Å². The van der Waals surface area contributed by atoms with Gasteiger partial charge in [-0.15, -0.1) is 0 Å². The molecule has 1 fully saturated rings. The molecule has 5 atom stereocenters. The van der Waals surface area contributed by atoms with Crippen LogP contribution >= 0.6 is 0 Å². The Morgan fingerprint density at radius 3 is 1.84 bits per heavy atom. The van der Waals surface area contributed by atoms with Gasteiger partial charge in [0.15, 0.2) is 18.3 Å². The fraction of sp³-hybridized carbons (Fsp3) is 0.524. The smallest absolute Gasteiger partial charge is 0.339 e. The largest absolute Gasteiger partial charge is 0.467 e. The van der Waals surface area contributed by atoms with E-state index < -0.39 is 54.6 Å². The molecule has 1 aliphatic rings. The summed E-state index contributed by atoms with van der Waals surface area (Å²) in [6.07, 6.45) is -6.19. The highest BCUT2D eigenvalue weighted by Crippen LogP contribution is 2.31. The van der Waals surface area contributed by atoms with Crippen molar-refractivity contribution in [3.05, 3.63) is 29.8 Å². The van der Waals surface area contributed by atoms with Crippen molar-refractivity contribution < 1.29 is 47.6 Å². The fourth-order valence-electron chi connectivity index (χ4n) is 3.11. The minimum absolute atomic E-state index is 0.357. The van der Waals surface area contributed by atoms with Crippen molar-refractivity contribution in [2.24, 2.45) is 0 Å². The molecule has 1 saturated heterocycles. The maximum absolute atomic E-state index is 12.4. The van der Waals surface area contributed by atoms with Crippen LogP contribution in [0.5, 0.6) is 5.75 Å². The zero-order valence-electron chi connectivity index (χ0n) is 18.0. The number of aryl methyl sites for hydroxylation is 1. The Kier molecular flexibility index (Phi) is 8.38. The van der Waals surface area contributed by atoms with Gasteiger partial charge in [0.1, 0.15) is 5.75 Å². The first-order valence-corrected chi connectivity index (χ1v) is 9.66. The second kappa shape index (κ2) is 10.8. The minimum Gasteiger partial charge on any atom is -0.467 e. The number of carbonyl (C=O) groups is 4. The average molecular weight is 438 g/mol. The molecule has 1 heterocycles. The first-order valence-electron chi connectivity index (χ1n) is 9.66. The molecule has 0 spiro atoms. The third-order valence-electron chi connectivity index (χ3n) is 4.42. The Morgan fingerprint density at radius 2 is 1.35 bits per heavy atom. The van der Waals surface area contributed by atoms with E-state index in [-0.39, 0.29) is 0 Å². The fourth-order valence-corrected chi connectivity index (χ4v) is 3.11. The van der Waals surface area contributed by atoms with E-state index in [0.717, 1.165) is 39.9 Å². The lowest BCUT2D eigenvalue weighted by atomic mass is 9.97. The quantitative estimate of drug-likeness (QED) is 0.455. The van der Waals surface area contributed by atoms with Crippen LogP contribution in [-0.2, 0) is 49.3 Å². The number of hydrogen-bond donors (Lipinski definition) is 0. The summed E-state index contributed by atoms with van der Waals surface area (Å²) in [7, 11) is 1.12. The van der Waals surface area contributed by atoms with Gasteiger partial charge in [-0.2, -0.15) is 0 Å². The van der Waals surface area contributed by atoms with Gasteiger partial charge >= 0.3 is 23.9 Å². The van der Waals surface area contributed by atoms with Crippen molar-refractivity contribution in [1.29, 1.82) is 0 Å². The summed E-state index contributed by atoms with van der Waals surface area (Å²) in [6.45, 7) is 5.37. The first-order chi connectivity index (χ1) is 14.7. The van der Waals surface area contributed by atoms with E-state index in [4.69, 9.17) is 28.4 Å². The number of ether oxygens (including phenoxy) is 6. The monoisotopic (exact) mass is 438 g/mol. The predicted molar refractivity (Wildman–Crippen MR) is 104 cm³/mol. The Balaban J connectivity index is 2.46. The summed E-state index contributed by atoms with van der Waals surface area (Å²) in [4.78, 5) is 47.5. The zero-order chi connectivity index (χ0) is 23.1. The predicted octanol–water partition coefficient (Wildman–Crippen LogP) is 1.32. The van der Waals surface area contributed by atoms with Gasteiger partial charge in [0.05, 0.1) is 7.11 Å². The third-order valence-corrected chi connectivity index (χ3v) is 4.42. The SMILES string of the molecule is CCc1ccc(O[C@H]2O[C@@H](C(=O)OC)[C@@H](OC(C)=O)[C@@H](OC(C)=O)[C@@H]2OC(C)=O)cc1.